The van der Waals surface area contributed by atoms with E-state index in [-0.39, 0.29) is 94.9 Å². The fraction of sp³-hybridized carbons (Fsp3) is 0.380. The van der Waals surface area contributed by atoms with Gasteiger partial charge in [0.15, 0.2) is 11.5 Å². The topological polar surface area (TPSA) is 196 Å². The number of aliphatic hydroxyl groups is 1. The van der Waals surface area contributed by atoms with E-state index >= 15 is 4.79 Å². The molecule has 0 radical (unpaired) electrons. The number of anilines is 1. The molecule has 2 aromatic heterocycles. The number of carbonyl (C=O) groups is 3. The number of methoxy groups -OCH3 is 1. The van der Waals surface area contributed by atoms with Crippen LogP contribution in [0.4, 0.5) is 5.69 Å². The maximum atomic E-state index is 15.6. The summed E-state index contributed by atoms with van der Waals surface area (Å²) in [6.07, 6.45) is 24.3. The van der Waals surface area contributed by atoms with E-state index in [9.17, 15) is 30.0 Å². The summed E-state index contributed by atoms with van der Waals surface area (Å²) in [6, 6.07) is 29.3. The first-order valence-corrected chi connectivity index (χ1v) is 33.4. The number of H-pyrrole nitrogens is 1. The Bertz CT molecular complexity index is 4190. The number of dihydropyridines is 1. The van der Waals surface area contributed by atoms with Gasteiger partial charge >= 0.3 is 5.97 Å². The minimum absolute atomic E-state index is 0.00253. The highest BCUT2D eigenvalue weighted by Gasteiger charge is 2.43. The number of aromatic hydroxyl groups is 3. The molecule has 14 nitrogen and oxygen atoms in total. The summed E-state index contributed by atoms with van der Waals surface area (Å²) >= 11 is 0. The summed E-state index contributed by atoms with van der Waals surface area (Å²) in [4.78, 5) is 49.2. The minimum Gasteiger partial charge on any atom is -0.508 e. The van der Waals surface area contributed by atoms with E-state index in [4.69, 9.17) is 14.2 Å². The lowest BCUT2D eigenvalue weighted by molar-refractivity contribution is -0.148. The van der Waals surface area contributed by atoms with Crippen LogP contribution in [0, 0.1) is 29.1 Å². The number of aromatic nitrogens is 2. The van der Waals surface area contributed by atoms with E-state index in [2.05, 4.69) is 113 Å². The first-order chi connectivity index (χ1) is 45.2. The van der Waals surface area contributed by atoms with Gasteiger partial charge in [0.2, 0.25) is 5.75 Å². The van der Waals surface area contributed by atoms with Gasteiger partial charge in [-0.2, -0.15) is 0 Å². The zero-order valence-electron chi connectivity index (χ0n) is 53.6. The summed E-state index contributed by atoms with van der Waals surface area (Å²) in [5, 5.41) is 52.4. The minimum atomic E-state index is -0.795. The van der Waals surface area contributed by atoms with Crippen LogP contribution in [-0.4, -0.2) is 73.8 Å². The molecular formula is C79H84N4O10. The van der Waals surface area contributed by atoms with Crippen molar-refractivity contribution in [2.75, 3.05) is 25.1 Å². The molecule has 5 aromatic carbocycles. The molecule has 13 rings (SSSR count). The number of phenols is 3. The number of phenolic OH excluding ortho intramolecular Hbond substituents is 3. The summed E-state index contributed by atoms with van der Waals surface area (Å²) in [5.74, 6) is 7.48. The molecule has 7 aromatic rings. The Kier molecular flexibility index (Phi) is 18.0. The van der Waals surface area contributed by atoms with Crippen LogP contribution in [0.3, 0.4) is 0 Å². The first kappa shape index (κ1) is 62.6. The number of fused-ring (bicyclic) bond motifs is 3. The molecule has 6 N–H and O–H groups in total. The van der Waals surface area contributed by atoms with Crippen molar-refractivity contribution in [3.05, 3.63) is 208 Å². The molecule has 14 heteroatoms. The summed E-state index contributed by atoms with van der Waals surface area (Å²) in [5.41, 5.74) is 9.59. The monoisotopic (exact) mass is 1250 g/mol. The molecule has 4 aliphatic carbocycles. The number of aryl methyl sites for hydroxylation is 1. The molecule has 480 valence electrons. The molecule has 0 amide bonds. The molecule has 1 spiro atoms. The number of hydrogen-bond acceptors (Lipinski definition) is 12. The van der Waals surface area contributed by atoms with Crippen molar-refractivity contribution in [3.63, 3.8) is 0 Å². The molecule has 93 heavy (non-hydrogen) atoms. The molecule has 8 atom stereocenters. The quantitative estimate of drug-likeness (QED) is 0.0473. The third kappa shape index (κ3) is 12.6. The number of esters is 1. The highest BCUT2D eigenvalue weighted by Crippen LogP contribution is 2.53. The lowest BCUT2D eigenvalue weighted by atomic mass is 9.61. The second-order valence-electron chi connectivity index (χ2n) is 26.5. The maximum Gasteiger partial charge on any atom is 0.302 e. The fourth-order valence-electron chi connectivity index (χ4n) is 16.3. The second-order valence-corrected chi connectivity index (χ2v) is 26.5. The van der Waals surface area contributed by atoms with E-state index in [1.54, 1.807) is 24.3 Å². The molecular weight excluding hydrogens is 1160 g/mol. The van der Waals surface area contributed by atoms with Gasteiger partial charge in [-0.05, 0) is 150 Å². The van der Waals surface area contributed by atoms with E-state index < -0.39 is 29.6 Å². The Morgan fingerprint density at radius 3 is 2.51 bits per heavy atom. The van der Waals surface area contributed by atoms with Crippen LogP contribution < -0.4 is 19.7 Å². The van der Waals surface area contributed by atoms with Gasteiger partial charge in [-0.15, -0.1) is 0 Å². The van der Waals surface area contributed by atoms with Crippen LogP contribution in [-0.2, 0) is 32.0 Å². The average molecular weight is 1250 g/mol. The third-order valence-corrected chi connectivity index (χ3v) is 20.9. The summed E-state index contributed by atoms with van der Waals surface area (Å²) in [7, 11) is 1.50. The zero-order valence-corrected chi connectivity index (χ0v) is 53.6. The Balaban J connectivity index is 0.998. The normalized spacial score (nSPS) is 23.5. The van der Waals surface area contributed by atoms with Crippen LogP contribution in [0.25, 0.3) is 10.8 Å². The summed E-state index contributed by atoms with van der Waals surface area (Å²) < 4.78 is 21.0. The Labute approximate surface area is 544 Å². The molecule has 6 bridgehead atoms. The maximum absolute atomic E-state index is 15.6. The van der Waals surface area contributed by atoms with Crippen molar-refractivity contribution in [1.82, 2.24) is 14.9 Å². The van der Waals surface area contributed by atoms with E-state index in [0.29, 0.717) is 57.2 Å². The molecule has 4 heterocycles. The van der Waals surface area contributed by atoms with E-state index in [1.807, 2.05) is 48.5 Å². The number of nitrogens with zero attached hydrogens (tertiary/aromatic N) is 2. The van der Waals surface area contributed by atoms with Crippen molar-refractivity contribution in [2.45, 2.75) is 153 Å². The Morgan fingerprint density at radius 2 is 1.71 bits per heavy atom. The largest absolute Gasteiger partial charge is 0.508 e. The van der Waals surface area contributed by atoms with Gasteiger partial charge in [0.05, 0.1) is 30.9 Å². The number of carbonyl (C=O) groups excluding carboxylic acids is 3. The lowest BCUT2D eigenvalue weighted by Gasteiger charge is -2.43. The van der Waals surface area contributed by atoms with Gasteiger partial charge in [-0.25, -0.2) is 0 Å². The number of aromatic amines is 1. The average Bonchev–Trinajstić information content (AvgIpc) is 1.56. The highest BCUT2D eigenvalue weighted by molar-refractivity contribution is 6.00. The van der Waals surface area contributed by atoms with Gasteiger partial charge in [0.1, 0.15) is 40.7 Å². The fourth-order valence-corrected chi connectivity index (χ4v) is 16.3. The number of rotatable bonds is 13. The van der Waals surface area contributed by atoms with Crippen LogP contribution in [0.15, 0.2) is 163 Å². The molecule has 1 saturated carbocycles. The van der Waals surface area contributed by atoms with Crippen molar-refractivity contribution >= 4 is 34.0 Å². The highest BCUT2D eigenvalue weighted by atomic mass is 16.5. The predicted molar refractivity (Wildman–Crippen MR) is 361 cm³/mol. The van der Waals surface area contributed by atoms with Gasteiger partial charge < -0.3 is 54.4 Å². The van der Waals surface area contributed by atoms with Gasteiger partial charge in [-0.3, -0.25) is 14.4 Å². The number of ether oxygens (including phenoxy) is 3. The van der Waals surface area contributed by atoms with Crippen molar-refractivity contribution < 1.29 is 49.0 Å². The van der Waals surface area contributed by atoms with Crippen molar-refractivity contribution in [2.24, 2.45) is 17.3 Å². The number of ketones is 2. The van der Waals surface area contributed by atoms with Crippen molar-refractivity contribution in [3.8, 4) is 46.3 Å². The molecule has 6 aliphatic rings. The van der Waals surface area contributed by atoms with Gasteiger partial charge in [0.25, 0.3) is 0 Å². The third-order valence-electron chi connectivity index (χ3n) is 20.9. The zero-order chi connectivity index (χ0) is 64.5. The smallest absolute Gasteiger partial charge is 0.302 e. The number of Topliss-reactive ketones (excluding diaryl/α,β-unsaturated/α-hetero) is 2. The molecule has 0 unspecified atom stereocenters. The Morgan fingerprint density at radius 1 is 0.871 bits per heavy atom. The standard InChI is InChI=1S/C79H84N4O10/c1-5-63(50-16-8-6-9-17-50)54-36-59(86)42-62(37-54)93-78-73(90)38-55(39-74(78)91-4)70-43-60(87)41-61(92-49(3)84)29-32-79-44-56-45-80-46-66(56)64(24-14-22-57(79)21-12-15-48(79)2)76(52-20-13-23-58(85)35-52)53-30-33-81-75(40-53)82(34-31-71(88)51-18-10-7-11-19-51)68-26-25-65-72(89)28-27-69-77(65)67(68)47-83(69)70/h6,8-9,12-13,15-17,20-21,23,25-26,30,35-40,42,45-48,51,61,63-64,70,72,76,80-81,85-86,89-90H,5,7,10-11,18-19,22,27-29,31-34,41,43-44H2,1-4H3/t48-,61+,63+,64+,70-,72+,76+,79+/m0/s1. The van der Waals surface area contributed by atoms with Gasteiger partial charge in [0, 0.05) is 110 Å². The first-order valence-electron chi connectivity index (χ1n) is 33.4. The number of benzene rings is 5. The Hall–Kier alpha value is -9.19. The van der Waals surface area contributed by atoms with Gasteiger partial charge in [-0.1, -0.05) is 123 Å². The SMILES string of the molecule is CC[C@H](c1ccccc1)c1cc(O)cc(Oc2c(O)cc([C@@H]3CC(=O)C[C@H](OC(C)=O)CC[C@]45Cc6c[nH]cc6[C@@H](C#CCC4=CC=C[C@@H]5C)[C@H](c4cccc(O)c4)C4=CCNC(=C4)N(CCC(=O)C4CCCCC4)c4ccc5c6c(n3cc46)CC[C@H]5O)cc2OC)c1. The van der Waals surface area contributed by atoms with E-state index in [0.717, 1.165) is 105 Å². The molecule has 0 saturated heterocycles. The number of hydrogen-bond donors (Lipinski definition) is 6. The number of aliphatic hydroxyl groups excluding tert-OH is 1. The molecule has 1 fully saturated rings. The number of nitrogens with one attached hydrogen (secondary N) is 2. The van der Waals surface area contributed by atoms with Crippen LogP contribution >= 0.6 is 0 Å². The van der Waals surface area contributed by atoms with Crippen LogP contribution in [0.5, 0.6) is 34.5 Å². The second kappa shape index (κ2) is 26.8. The van der Waals surface area contributed by atoms with E-state index in [1.165, 1.54) is 25.7 Å². The predicted octanol–water partition coefficient (Wildman–Crippen LogP) is 15.4. The van der Waals surface area contributed by atoms with Crippen molar-refractivity contribution in [1.29, 1.82) is 0 Å². The lowest BCUT2D eigenvalue weighted by Crippen LogP contribution is -2.37. The van der Waals surface area contributed by atoms with Crippen LogP contribution in [0.1, 0.15) is 179 Å². The van der Waals surface area contributed by atoms with Crippen LogP contribution in [0.2, 0.25) is 0 Å². The molecule has 2 aliphatic heterocycles. The summed E-state index contributed by atoms with van der Waals surface area (Å²) in [6.45, 7) is 6.51. The number of allylic oxidation sites excluding steroid dienone is 6.